The number of rotatable bonds is 66. The Kier molecular flexibility index (Phi) is 72.3. The molecule has 2 aliphatic heterocycles. The number of morpholine rings is 2. The van der Waals surface area contributed by atoms with Crippen LogP contribution in [0.5, 0.6) is 34.5 Å². The van der Waals surface area contributed by atoms with Gasteiger partial charge in [0.2, 0.25) is 5.75 Å². The number of phenols is 3. The van der Waals surface area contributed by atoms with Crippen molar-refractivity contribution < 1.29 is 191 Å². The predicted octanol–water partition coefficient (Wildman–Crippen LogP) is 4.97. The first-order chi connectivity index (χ1) is 64.3. The van der Waals surface area contributed by atoms with E-state index >= 15 is 0 Å². The summed E-state index contributed by atoms with van der Waals surface area (Å²) in [6.45, 7) is 46.6. The molecule has 2 saturated heterocycles. The Bertz CT molecular complexity index is 3560. The monoisotopic (exact) mass is 1980 g/mol. The van der Waals surface area contributed by atoms with E-state index in [4.69, 9.17) is 135 Å². The third kappa shape index (κ3) is 76.5. The fourth-order valence-corrected chi connectivity index (χ4v) is 11.1. The molecule has 0 spiro atoms. The average Bonchev–Trinajstić information content (AvgIpc) is 0.834. The number of cyclic esters (lactones) is 4. The minimum absolute atomic E-state index is 0.0245. The number of carboxylic acids is 1. The van der Waals surface area contributed by atoms with Gasteiger partial charge in [-0.25, -0.2) is 4.79 Å². The molecule has 788 valence electrons. The van der Waals surface area contributed by atoms with Gasteiger partial charge in [0, 0.05) is 26.2 Å². The molecule has 0 saturated carbocycles. The number of methoxy groups -OCH3 is 1. The predicted molar refractivity (Wildman–Crippen MR) is 495 cm³/mol. The summed E-state index contributed by atoms with van der Waals surface area (Å²) in [6, 6.07) is 12.0. The number of aliphatic hydroxyl groups excluding tert-OH is 4. The van der Waals surface area contributed by atoms with Crippen LogP contribution >= 0.6 is 0 Å². The maximum absolute atomic E-state index is 11.9. The molecule has 0 bridgehead atoms. The van der Waals surface area contributed by atoms with Crippen LogP contribution in [0.1, 0.15) is 125 Å². The highest BCUT2D eigenvalue weighted by Gasteiger charge is 2.29. The van der Waals surface area contributed by atoms with Crippen LogP contribution in [-0.4, -0.2) is 432 Å². The lowest BCUT2D eigenvalue weighted by Crippen LogP contribution is -2.49. The number of phenolic OH excluding ortho intramolecular Hbond substituents is 3. The van der Waals surface area contributed by atoms with Gasteiger partial charge < -0.3 is 150 Å². The zero-order valence-electron chi connectivity index (χ0n) is 83.0. The molecule has 0 unspecified atom stereocenters. The lowest BCUT2D eigenvalue weighted by molar-refractivity contribution is -0.168. The maximum atomic E-state index is 11.9. The lowest BCUT2D eigenvalue weighted by Gasteiger charge is -2.30. The molecule has 43 nitrogen and oxygen atoms in total. The molecule has 2 aliphatic rings. The second-order valence-electron chi connectivity index (χ2n) is 34.2. The lowest BCUT2D eigenvalue weighted by atomic mass is 10.2. The molecule has 8 N–H and O–H groups in total. The number of carboxylic acid groups (broad SMARTS) is 1. The summed E-state index contributed by atoms with van der Waals surface area (Å²) in [7, 11) is -2.55. The van der Waals surface area contributed by atoms with Gasteiger partial charge >= 0.3 is 35.8 Å². The van der Waals surface area contributed by atoms with Gasteiger partial charge in [0.15, 0.2) is 28.7 Å². The largest absolute Gasteiger partial charge is 0.504 e. The van der Waals surface area contributed by atoms with Crippen LogP contribution in [0.15, 0.2) is 53.4 Å². The van der Waals surface area contributed by atoms with Gasteiger partial charge in [-0.3, -0.25) is 42.9 Å². The van der Waals surface area contributed by atoms with Crippen LogP contribution in [0.3, 0.4) is 0 Å². The van der Waals surface area contributed by atoms with Crippen molar-refractivity contribution in [3.8, 4) is 34.5 Å². The van der Waals surface area contributed by atoms with Crippen LogP contribution in [-0.2, 0) is 140 Å². The molecule has 2 heterocycles. The van der Waals surface area contributed by atoms with Crippen molar-refractivity contribution in [3.05, 3.63) is 65.2 Å². The SMILES string of the molecule is CC(C)(C)OCCOCCOCCO.CC(C)(C)OCCOCCOCCOc1cc(CO)cc(OCCOCCOCCOC(C)(C)C)c1OCCOCCOCCOC(C)(C)C.COC(=O)c1cc(O)c(O)c(O)c1.Cc1ccc(S(=O)(=O)OCCOCCOCCOC(C)(C)C)cc1.O=C(O)CN(CCN1CC(=O)OC(=O)C1)CCN1CC(=O)OC(=O)C1.OCCOCCOCCO. The number of aromatic hydroxyl groups is 3. The summed E-state index contributed by atoms with van der Waals surface area (Å²) >= 11 is 0. The first-order valence-corrected chi connectivity index (χ1v) is 46.4. The molecule has 44 heteroatoms. The Hall–Kier alpha value is -7.37. The van der Waals surface area contributed by atoms with Crippen LogP contribution in [0.4, 0.5) is 0 Å². The number of nitrogens with zero attached hydrogens (tertiary/aromatic N) is 3. The number of carbonyl (C=O) groups is 6. The zero-order chi connectivity index (χ0) is 102. The van der Waals surface area contributed by atoms with E-state index in [0.717, 1.165) is 17.7 Å². The van der Waals surface area contributed by atoms with Crippen LogP contribution in [0.25, 0.3) is 0 Å². The van der Waals surface area contributed by atoms with Crippen molar-refractivity contribution in [1.82, 2.24) is 14.7 Å². The molecule has 2 fully saturated rings. The molecule has 5 rings (SSSR count). The number of hydrogen-bond donors (Lipinski definition) is 8. The first-order valence-electron chi connectivity index (χ1n) is 45.0. The van der Waals surface area contributed by atoms with E-state index < -0.39 is 63.2 Å². The molecule has 136 heavy (non-hydrogen) atoms. The summed E-state index contributed by atoms with van der Waals surface area (Å²) < 4.78 is 152. The van der Waals surface area contributed by atoms with Crippen molar-refractivity contribution in [2.75, 3.05) is 304 Å². The minimum atomic E-state index is -3.72. The van der Waals surface area contributed by atoms with E-state index in [1.165, 1.54) is 19.2 Å². The van der Waals surface area contributed by atoms with E-state index in [1.54, 1.807) is 39.0 Å². The van der Waals surface area contributed by atoms with Crippen molar-refractivity contribution in [2.24, 2.45) is 0 Å². The number of aryl methyl sites for hydroxylation is 1. The van der Waals surface area contributed by atoms with E-state index in [2.05, 4.69) is 14.2 Å². The Morgan fingerprint density at radius 1 is 0.390 bits per heavy atom. The minimum Gasteiger partial charge on any atom is -0.504 e. The molecule has 3 aromatic rings. The number of benzene rings is 3. The average molecular weight is 1980 g/mol. The number of hydrogen-bond acceptors (Lipinski definition) is 42. The maximum Gasteiger partial charge on any atom is 0.338 e. The van der Waals surface area contributed by atoms with Gasteiger partial charge in [-0.15, -0.1) is 0 Å². The molecule has 3 aromatic carbocycles. The molecular formula is C92H159N3O40S. The van der Waals surface area contributed by atoms with Crippen molar-refractivity contribution in [2.45, 2.75) is 150 Å². The molecule has 0 amide bonds. The highest BCUT2D eigenvalue weighted by atomic mass is 32.2. The zero-order valence-corrected chi connectivity index (χ0v) is 83.9. The van der Waals surface area contributed by atoms with Crippen LogP contribution in [0, 0.1) is 6.92 Å². The molecule has 0 radical (unpaired) electrons. The number of aliphatic hydroxyl groups is 4. The Balaban J connectivity index is 0.00000177. The molecular weight excluding hydrogens is 1820 g/mol. The van der Waals surface area contributed by atoms with E-state index in [0.29, 0.717) is 234 Å². The van der Waals surface area contributed by atoms with Crippen molar-refractivity contribution >= 4 is 45.9 Å². The summed E-state index contributed by atoms with van der Waals surface area (Å²) in [6.07, 6.45) is 0. The summed E-state index contributed by atoms with van der Waals surface area (Å²) in [4.78, 5) is 71.7. The van der Waals surface area contributed by atoms with E-state index in [9.17, 15) is 42.3 Å². The third-order valence-electron chi connectivity index (χ3n) is 16.4. The molecule has 0 aliphatic carbocycles. The fraction of sp³-hybridized carbons (Fsp3) is 0.739. The van der Waals surface area contributed by atoms with Gasteiger partial charge in [-0.05, 0) is 153 Å². The fourth-order valence-electron chi connectivity index (χ4n) is 10.2. The Morgan fingerprint density at radius 3 is 0.934 bits per heavy atom. The number of ether oxygens (including phenoxy) is 23. The first kappa shape index (κ1) is 129. The van der Waals surface area contributed by atoms with Crippen molar-refractivity contribution in [3.63, 3.8) is 0 Å². The second kappa shape index (κ2) is 76.4. The summed E-state index contributed by atoms with van der Waals surface area (Å²) in [5.74, 6) is -4.79. The highest BCUT2D eigenvalue weighted by Crippen LogP contribution is 2.40. The standard InChI is InChI=1S/C37H68O13.C17H28O6S.C14H19N3O8.C10H22O4.C8H8O5.C6H14O4/c1-35(2,3)48-25-19-42-13-10-39-16-22-45-32-28-31(30-38)29-33(46-23-17-40-11-14-43-20-26-49-36(4,5)6)34(32)47-24-18-41-12-15-44-21-27-50-37(7,8)9;1-15-5-7-16(8-6-15)24(18,19)23-14-12-21-10-9-20-11-13-22-17(2,3)4;18-10(19)5-15(1-3-16-6-11(20)24-12(21)7-16)2-4-17-8-13(22)25-14(23)9-17;1-10(2,3)14-9-8-13-7-6-12-5-4-11;1-13-8(12)4-2-5(9)7(11)6(10)3-4;7-1-3-9-5-6-10-4-2-8/h28-29,38H,10-27,30H2,1-9H3;5-8H,9-14H2,1-4H3;1-9H2,(H,18,19);11H,4-9H2,1-3H3;2-3,9-11H,1H3;7-8H,1-6H2. The summed E-state index contributed by atoms with van der Waals surface area (Å²) in [5, 5.41) is 70.8. The number of aliphatic carboxylic acids is 1. The van der Waals surface area contributed by atoms with Gasteiger partial charge in [-0.1, -0.05) is 17.7 Å². The highest BCUT2D eigenvalue weighted by molar-refractivity contribution is 7.86. The quantitative estimate of drug-likeness (QED) is 0.00923. The third-order valence-corrected chi connectivity index (χ3v) is 17.7. The van der Waals surface area contributed by atoms with Gasteiger partial charge in [-0.2, -0.15) is 8.42 Å². The van der Waals surface area contributed by atoms with E-state index in [-0.39, 0.29) is 131 Å². The van der Waals surface area contributed by atoms with Gasteiger partial charge in [0.25, 0.3) is 10.1 Å². The second-order valence-corrected chi connectivity index (χ2v) is 35.8. The van der Waals surface area contributed by atoms with Gasteiger partial charge in [0.05, 0.1) is 303 Å². The molecule has 0 atom stereocenters. The Labute approximate surface area is 802 Å². The Morgan fingerprint density at radius 2 is 0.662 bits per heavy atom. The number of carbonyl (C=O) groups excluding carboxylic acids is 5. The normalized spacial score (nSPS) is 13.3. The van der Waals surface area contributed by atoms with Crippen molar-refractivity contribution in [1.29, 1.82) is 0 Å². The van der Waals surface area contributed by atoms with E-state index in [1.807, 2.05) is 111 Å². The smallest absolute Gasteiger partial charge is 0.338 e. The topological polar surface area (TPSA) is 530 Å². The molecule has 0 aromatic heterocycles. The number of esters is 5. The van der Waals surface area contributed by atoms with Gasteiger partial charge in [0.1, 0.15) is 19.8 Å². The summed E-state index contributed by atoms with van der Waals surface area (Å²) in [5.41, 5.74) is 0.743. The van der Waals surface area contributed by atoms with Crippen LogP contribution < -0.4 is 14.2 Å². The van der Waals surface area contributed by atoms with Crippen LogP contribution in [0.2, 0.25) is 0 Å².